The van der Waals surface area contributed by atoms with E-state index in [0.717, 1.165) is 4.88 Å². The van der Waals surface area contributed by atoms with Crippen molar-refractivity contribution in [3.8, 4) is 0 Å². The minimum absolute atomic E-state index is 0. The summed E-state index contributed by atoms with van der Waals surface area (Å²) in [5.41, 5.74) is -0.532. The van der Waals surface area contributed by atoms with Crippen LogP contribution in [-0.2, 0) is 16.1 Å². The van der Waals surface area contributed by atoms with Gasteiger partial charge in [-0.3, -0.25) is 4.90 Å². The maximum absolute atomic E-state index is 12.0. The van der Waals surface area contributed by atoms with Crippen molar-refractivity contribution in [2.45, 2.75) is 59.2 Å². The fourth-order valence-electron chi connectivity index (χ4n) is 2.16. The van der Waals surface area contributed by atoms with Gasteiger partial charge in [0.05, 0.1) is 5.97 Å². The molecule has 0 N–H and O–H groups in total. The molecule has 1 rings (SSSR count). The number of ether oxygens (including phenoxy) is 1. The van der Waals surface area contributed by atoms with Crippen LogP contribution in [0.4, 0.5) is 0 Å². The molecule has 1 atom stereocenters. The Morgan fingerprint density at radius 2 is 1.88 bits per heavy atom. The summed E-state index contributed by atoms with van der Waals surface area (Å²) in [5, 5.41) is 11.3. The van der Waals surface area contributed by atoms with E-state index >= 15 is 0 Å². The number of carboxylic acids is 1. The zero-order chi connectivity index (χ0) is 17.8. The number of nitrogens with zero attached hydrogens (tertiary/aromatic N) is 1. The van der Waals surface area contributed by atoms with Gasteiger partial charge in [0.2, 0.25) is 0 Å². The topological polar surface area (TPSA) is 69.7 Å². The molecular weight excluding hydrogens is 321 g/mol. The van der Waals surface area contributed by atoms with E-state index in [1.165, 1.54) is 11.3 Å². The summed E-state index contributed by atoms with van der Waals surface area (Å²) in [6, 6.07) is 2.92. The van der Waals surface area contributed by atoms with Crippen LogP contribution in [-0.4, -0.2) is 35.5 Å². The van der Waals surface area contributed by atoms with Gasteiger partial charge < -0.3 is 14.6 Å². The van der Waals surface area contributed by atoms with Crippen LogP contribution in [0.5, 0.6) is 0 Å². The van der Waals surface area contributed by atoms with Crippen molar-refractivity contribution in [3.63, 3.8) is 0 Å². The van der Waals surface area contributed by atoms with Crippen molar-refractivity contribution in [3.05, 3.63) is 21.9 Å². The number of likely N-dealkylation sites (N-methyl/N-ethyl adjacent to an activating group) is 1. The van der Waals surface area contributed by atoms with Crippen LogP contribution < -0.4 is 24.0 Å². The molecule has 0 amide bonds. The van der Waals surface area contributed by atoms with Gasteiger partial charge in [-0.1, -0.05) is 13.8 Å². The van der Waals surface area contributed by atoms with Gasteiger partial charge in [-0.05, 0) is 52.3 Å². The van der Waals surface area contributed by atoms with Crippen molar-refractivity contribution < 1.29 is 38.3 Å². The predicted molar refractivity (Wildman–Crippen MR) is 89.2 cm³/mol. The van der Waals surface area contributed by atoms with E-state index in [-0.39, 0.29) is 30.7 Å². The fourth-order valence-corrected chi connectivity index (χ4v) is 3.11. The molecule has 0 unspecified atom stereocenters. The van der Waals surface area contributed by atoms with Crippen LogP contribution in [0.25, 0.3) is 0 Å². The number of hydrogen-bond donors (Lipinski definition) is 0. The molecule has 0 bridgehead atoms. The van der Waals surface area contributed by atoms with Crippen LogP contribution in [0.1, 0.15) is 55.6 Å². The molecule has 0 aliphatic heterocycles. The van der Waals surface area contributed by atoms with Crippen molar-refractivity contribution in [1.29, 1.82) is 0 Å². The van der Waals surface area contributed by atoms with Crippen molar-refractivity contribution >= 4 is 23.3 Å². The van der Waals surface area contributed by atoms with Gasteiger partial charge in [-0.25, -0.2) is 4.79 Å². The summed E-state index contributed by atoms with van der Waals surface area (Å²) in [7, 11) is 1.76. The normalized spacial score (nSPS) is 12.8. The van der Waals surface area contributed by atoms with Gasteiger partial charge in [0.1, 0.15) is 10.5 Å². The maximum atomic E-state index is 12.0. The summed E-state index contributed by atoms with van der Waals surface area (Å²) in [6.07, 6.45) is 0.531. The smallest absolute Gasteiger partial charge is 0.548 e. The second-order valence-electron chi connectivity index (χ2n) is 7.15. The molecule has 0 aliphatic carbocycles. The van der Waals surface area contributed by atoms with Gasteiger partial charge in [-0.15, -0.1) is 11.3 Å². The first kappa shape index (κ1) is 23.2. The molecule has 24 heavy (non-hydrogen) atoms. The standard InChI is InChI=1S/C17H27NO4S.Li/c1-11(2)9-13(15(19)20)18(6)10-12-7-8-14(23-12)16(21)22-17(3,4)5;/h7-8,11,13H,9-10H2,1-6H3,(H,19,20);/q;+1/p-1/t13-;/m0./s1. The maximum Gasteiger partial charge on any atom is 1.00 e. The molecule has 0 radical (unpaired) electrons. The van der Waals surface area contributed by atoms with Crippen LogP contribution in [0.2, 0.25) is 0 Å². The first-order chi connectivity index (χ1) is 10.5. The van der Waals surface area contributed by atoms with Crippen LogP contribution in [0, 0.1) is 5.92 Å². The molecule has 7 heteroatoms. The SMILES string of the molecule is CC(C)C[C@@H](C(=O)[O-])N(C)Cc1ccc(C(=O)OC(C)(C)C)s1.[Li+]. The molecule has 1 aromatic rings. The van der Waals surface area contributed by atoms with E-state index in [4.69, 9.17) is 4.74 Å². The molecule has 0 aromatic carbocycles. The van der Waals surface area contributed by atoms with Crippen LogP contribution in [0.3, 0.4) is 0 Å². The molecular formula is C17H26LiNO4S. The van der Waals surface area contributed by atoms with Gasteiger partial charge in [0.15, 0.2) is 0 Å². The van der Waals surface area contributed by atoms with E-state index in [9.17, 15) is 14.7 Å². The number of hydrogen-bond acceptors (Lipinski definition) is 6. The molecule has 0 aliphatic rings. The Hall–Kier alpha value is -0.803. The molecule has 0 saturated heterocycles. The number of aliphatic carboxylic acids is 1. The largest absolute Gasteiger partial charge is 1.00 e. The van der Waals surface area contributed by atoms with E-state index in [2.05, 4.69) is 0 Å². The number of carbonyl (C=O) groups is 2. The third-order valence-corrected chi connectivity index (χ3v) is 4.22. The zero-order valence-corrected chi connectivity index (χ0v) is 16.5. The van der Waals surface area contributed by atoms with E-state index < -0.39 is 17.6 Å². The Balaban J connectivity index is 0.00000529. The van der Waals surface area contributed by atoms with Gasteiger partial charge in [0, 0.05) is 17.5 Å². The molecule has 5 nitrogen and oxygen atoms in total. The van der Waals surface area contributed by atoms with Gasteiger partial charge in [-0.2, -0.15) is 0 Å². The Morgan fingerprint density at radius 1 is 1.29 bits per heavy atom. The number of esters is 1. The van der Waals surface area contributed by atoms with Gasteiger partial charge in [0.25, 0.3) is 0 Å². The molecule has 130 valence electrons. The summed E-state index contributed by atoms with van der Waals surface area (Å²) < 4.78 is 5.33. The van der Waals surface area contributed by atoms with Crippen molar-refractivity contribution in [2.24, 2.45) is 5.92 Å². The van der Waals surface area contributed by atoms with Crippen molar-refractivity contribution in [1.82, 2.24) is 4.90 Å². The van der Waals surface area contributed by atoms with Crippen LogP contribution >= 0.6 is 11.3 Å². The molecule has 0 fully saturated rings. The fraction of sp³-hybridized carbons (Fsp3) is 0.647. The quantitative estimate of drug-likeness (QED) is 0.482. The van der Waals surface area contributed by atoms with Gasteiger partial charge >= 0.3 is 24.8 Å². The monoisotopic (exact) mass is 347 g/mol. The Kier molecular flexibility index (Phi) is 9.30. The van der Waals surface area contributed by atoms with Crippen molar-refractivity contribution in [2.75, 3.05) is 7.05 Å². The summed E-state index contributed by atoms with van der Waals surface area (Å²) in [5.74, 6) is -1.15. The predicted octanol–water partition coefficient (Wildman–Crippen LogP) is -0.696. The minimum atomic E-state index is -1.06. The number of thiophene rings is 1. The average molecular weight is 347 g/mol. The summed E-state index contributed by atoms with van der Waals surface area (Å²) >= 11 is 1.33. The number of carbonyl (C=O) groups excluding carboxylic acids is 2. The second-order valence-corrected chi connectivity index (χ2v) is 8.32. The Bertz CT molecular complexity index is 551. The third kappa shape index (κ3) is 7.85. The second kappa shape index (κ2) is 9.62. The van der Waals surface area contributed by atoms with E-state index in [1.54, 1.807) is 18.0 Å². The molecule has 0 spiro atoms. The van der Waals surface area contributed by atoms with E-state index in [0.29, 0.717) is 17.8 Å². The first-order valence-corrected chi connectivity index (χ1v) is 8.54. The molecule has 1 aromatic heterocycles. The Labute approximate surface area is 160 Å². The molecule has 1 heterocycles. The Morgan fingerprint density at radius 3 is 2.33 bits per heavy atom. The first-order valence-electron chi connectivity index (χ1n) is 7.72. The summed E-state index contributed by atoms with van der Waals surface area (Å²) in [4.78, 5) is 26.5. The third-order valence-electron chi connectivity index (χ3n) is 3.17. The zero-order valence-electron chi connectivity index (χ0n) is 15.7. The summed E-state index contributed by atoms with van der Waals surface area (Å²) in [6.45, 7) is 9.89. The molecule has 0 saturated carbocycles. The average Bonchev–Trinajstić information content (AvgIpc) is 2.81. The van der Waals surface area contributed by atoms with Crippen LogP contribution in [0.15, 0.2) is 12.1 Å². The number of rotatable bonds is 7. The van der Waals surface area contributed by atoms with E-state index in [1.807, 2.05) is 40.7 Å². The minimum Gasteiger partial charge on any atom is -0.548 e. The number of carboxylic acid groups (broad SMARTS) is 1.